The summed E-state index contributed by atoms with van der Waals surface area (Å²) in [5.41, 5.74) is 1.88. The lowest BCUT2D eigenvalue weighted by Crippen LogP contribution is -2.42. The van der Waals surface area contributed by atoms with Gasteiger partial charge in [0, 0.05) is 30.6 Å². The van der Waals surface area contributed by atoms with Crippen molar-refractivity contribution in [1.82, 2.24) is 20.5 Å². The summed E-state index contributed by atoms with van der Waals surface area (Å²) in [6.45, 7) is 8.45. The molecule has 1 aromatic heterocycles. The predicted octanol–water partition coefficient (Wildman–Crippen LogP) is 4.09. The van der Waals surface area contributed by atoms with Crippen molar-refractivity contribution in [2.24, 2.45) is 10.9 Å². The molecule has 0 bridgehead atoms. The number of rotatable bonds is 6. The molecule has 1 aliphatic heterocycles. The minimum absolute atomic E-state index is 0. The zero-order valence-corrected chi connectivity index (χ0v) is 20.5. The molecule has 2 N–H and O–H groups in total. The highest BCUT2D eigenvalue weighted by atomic mass is 127. The van der Waals surface area contributed by atoms with E-state index >= 15 is 0 Å². The summed E-state index contributed by atoms with van der Waals surface area (Å²) in [5.74, 6) is 1.34. The maximum absolute atomic E-state index is 13.8. The van der Waals surface area contributed by atoms with Crippen LogP contribution in [0.3, 0.4) is 0 Å². The van der Waals surface area contributed by atoms with Gasteiger partial charge >= 0.3 is 0 Å². The smallest absolute Gasteiger partial charge is 0.191 e. The summed E-state index contributed by atoms with van der Waals surface area (Å²) in [7, 11) is 1.80. The third-order valence-corrected chi connectivity index (χ3v) is 6.33. The van der Waals surface area contributed by atoms with Crippen molar-refractivity contribution in [3.8, 4) is 0 Å². The number of aromatic nitrogens is 1. The quantitative estimate of drug-likeness (QED) is 0.335. The maximum atomic E-state index is 13.8. The lowest BCUT2D eigenvalue weighted by Gasteiger charge is -2.32. The summed E-state index contributed by atoms with van der Waals surface area (Å²) >= 11 is 1.73. The van der Waals surface area contributed by atoms with Crippen LogP contribution in [0.25, 0.3) is 0 Å². The minimum atomic E-state index is -0.104. The molecule has 3 rings (SSSR count). The Hall–Kier alpha value is -1.26. The van der Waals surface area contributed by atoms with Gasteiger partial charge in [-0.3, -0.25) is 9.89 Å². The van der Waals surface area contributed by atoms with Crippen LogP contribution in [0.5, 0.6) is 0 Å². The van der Waals surface area contributed by atoms with E-state index in [9.17, 15) is 4.39 Å². The number of benzene rings is 1. The van der Waals surface area contributed by atoms with Crippen molar-refractivity contribution in [3.05, 3.63) is 51.2 Å². The van der Waals surface area contributed by atoms with Gasteiger partial charge in [0.15, 0.2) is 5.96 Å². The van der Waals surface area contributed by atoms with Crippen molar-refractivity contribution >= 4 is 41.3 Å². The first kappa shape index (κ1) is 24.0. The molecule has 0 atom stereocenters. The minimum Gasteiger partial charge on any atom is -0.356 e. The van der Waals surface area contributed by atoms with E-state index < -0.39 is 0 Å². The highest BCUT2D eigenvalue weighted by molar-refractivity contribution is 14.0. The van der Waals surface area contributed by atoms with Gasteiger partial charge in [0.05, 0.1) is 17.2 Å². The van der Waals surface area contributed by atoms with Crippen LogP contribution >= 0.6 is 35.3 Å². The number of likely N-dealkylation sites (tertiary alicyclic amines) is 1. The first-order valence-electron chi connectivity index (χ1n) is 9.88. The SMILES string of the molecule is CN=C(NCc1sc(C)nc1C)NCC1CCN(Cc2ccccc2F)CC1.I. The number of aryl methyl sites for hydroxylation is 2. The Morgan fingerprint density at radius 1 is 1.24 bits per heavy atom. The molecule has 5 nitrogen and oxygen atoms in total. The first-order valence-corrected chi connectivity index (χ1v) is 10.7. The van der Waals surface area contributed by atoms with Crippen molar-refractivity contribution in [2.45, 2.75) is 39.8 Å². The molecular formula is C21H31FIN5S. The summed E-state index contributed by atoms with van der Waals surface area (Å²) in [5, 5.41) is 7.93. The van der Waals surface area contributed by atoms with Crippen LogP contribution in [0.15, 0.2) is 29.3 Å². The second-order valence-corrected chi connectivity index (χ2v) is 8.65. The van der Waals surface area contributed by atoms with E-state index in [2.05, 4.69) is 25.5 Å². The summed E-state index contributed by atoms with van der Waals surface area (Å²) < 4.78 is 13.8. The second-order valence-electron chi connectivity index (χ2n) is 7.36. The molecule has 1 aliphatic rings. The summed E-state index contributed by atoms with van der Waals surface area (Å²) in [6, 6.07) is 7.07. The number of aliphatic imine (C=N–C) groups is 1. The molecule has 2 aromatic rings. The van der Waals surface area contributed by atoms with Gasteiger partial charge in [-0.05, 0) is 51.8 Å². The number of nitrogens with one attached hydrogen (secondary N) is 2. The topological polar surface area (TPSA) is 52.6 Å². The highest BCUT2D eigenvalue weighted by Crippen LogP contribution is 2.20. The largest absolute Gasteiger partial charge is 0.356 e. The molecule has 0 radical (unpaired) electrons. The molecule has 0 aliphatic carbocycles. The van der Waals surface area contributed by atoms with Crippen molar-refractivity contribution in [2.75, 3.05) is 26.7 Å². The number of hydrogen-bond donors (Lipinski definition) is 2. The fourth-order valence-electron chi connectivity index (χ4n) is 3.58. The molecule has 160 valence electrons. The van der Waals surface area contributed by atoms with Crippen LogP contribution in [0.4, 0.5) is 4.39 Å². The average molecular weight is 531 g/mol. The second kappa shape index (κ2) is 11.8. The molecule has 2 heterocycles. The normalized spacial score (nSPS) is 15.8. The van der Waals surface area contributed by atoms with Crippen LogP contribution in [0, 0.1) is 25.6 Å². The number of nitrogens with zero attached hydrogens (tertiary/aromatic N) is 3. The standard InChI is InChI=1S/C21H30FN5S.HI/c1-15-20(28-16(2)26-15)13-25-21(23-3)24-12-17-8-10-27(11-9-17)14-18-6-4-5-7-19(18)22;/h4-7,17H,8-14H2,1-3H3,(H2,23,24,25);1H. The van der Waals surface area contributed by atoms with Crippen LogP contribution in [-0.2, 0) is 13.1 Å². The zero-order valence-electron chi connectivity index (χ0n) is 17.4. The Labute approximate surface area is 194 Å². The van der Waals surface area contributed by atoms with Gasteiger partial charge in [-0.2, -0.15) is 0 Å². The van der Waals surface area contributed by atoms with E-state index in [1.165, 1.54) is 4.88 Å². The van der Waals surface area contributed by atoms with Crippen LogP contribution in [0.2, 0.25) is 0 Å². The Bertz CT molecular complexity index is 802. The van der Waals surface area contributed by atoms with E-state index in [0.717, 1.165) is 61.2 Å². The molecule has 1 saturated heterocycles. The van der Waals surface area contributed by atoms with Crippen LogP contribution in [-0.4, -0.2) is 42.5 Å². The van der Waals surface area contributed by atoms with Gasteiger partial charge in [-0.1, -0.05) is 18.2 Å². The lowest BCUT2D eigenvalue weighted by atomic mass is 9.96. The lowest BCUT2D eigenvalue weighted by molar-refractivity contribution is 0.176. The Balaban J connectivity index is 0.00000300. The summed E-state index contributed by atoms with van der Waals surface area (Å²) in [6.07, 6.45) is 2.23. The van der Waals surface area contributed by atoms with E-state index in [-0.39, 0.29) is 29.8 Å². The van der Waals surface area contributed by atoms with Crippen molar-refractivity contribution < 1.29 is 4.39 Å². The third-order valence-electron chi connectivity index (χ3n) is 5.26. The Kier molecular flexibility index (Phi) is 9.78. The molecule has 8 heteroatoms. The van der Waals surface area contributed by atoms with Gasteiger partial charge in [0.25, 0.3) is 0 Å². The zero-order chi connectivity index (χ0) is 19.9. The predicted molar refractivity (Wildman–Crippen MR) is 130 cm³/mol. The molecular weight excluding hydrogens is 500 g/mol. The molecule has 0 saturated carbocycles. The fourth-order valence-corrected chi connectivity index (χ4v) is 4.46. The molecule has 1 aromatic carbocycles. The molecule has 0 unspecified atom stereocenters. The van der Waals surface area contributed by atoms with Crippen molar-refractivity contribution in [1.29, 1.82) is 0 Å². The molecule has 0 amide bonds. The Morgan fingerprint density at radius 3 is 2.59 bits per heavy atom. The summed E-state index contributed by atoms with van der Waals surface area (Å²) in [4.78, 5) is 12.4. The number of halogens is 2. The average Bonchev–Trinajstić information content (AvgIpc) is 3.02. The molecule has 29 heavy (non-hydrogen) atoms. The van der Waals surface area contributed by atoms with E-state index in [0.29, 0.717) is 12.5 Å². The monoisotopic (exact) mass is 531 g/mol. The highest BCUT2D eigenvalue weighted by Gasteiger charge is 2.20. The molecule has 1 fully saturated rings. The Morgan fingerprint density at radius 2 is 1.97 bits per heavy atom. The number of piperidine rings is 1. The molecule has 0 spiro atoms. The van der Waals surface area contributed by atoms with Crippen molar-refractivity contribution in [3.63, 3.8) is 0 Å². The van der Waals surface area contributed by atoms with E-state index in [1.807, 2.05) is 26.0 Å². The first-order chi connectivity index (χ1) is 13.5. The maximum Gasteiger partial charge on any atom is 0.191 e. The van der Waals surface area contributed by atoms with Gasteiger partial charge in [0.2, 0.25) is 0 Å². The van der Waals surface area contributed by atoms with Gasteiger partial charge < -0.3 is 10.6 Å². The van der Waals surface area contributed by atoms with E-state index in [4.69, 9.17) is 0 Å². The van der Waals surface area contributed by atoms with Crippen LogP contribution in [0.1, 0.15) is 34.0 Å². The number of hydrogen-bond acceptors (Lipinski definition) is 4. The van der Waals surface area contributed by atoms with Gasteiger partial charge in [-0.25, -0.2) is 9.37 Å². The number of thiazole rings is 1. The fraction of sp³-hybridized carbons (Fsp3) is 0.524. The van der Waals surface area contributed by atoms with Crippen LogP contribution < -0.4 is 10.6 Å². The third kappa shape index (κ3) is 7.18. The van der Waals surface area contributed by atoms with Gasteiger partial charge in [-0.15, -0.1) is 35.3 Å². The van der Waals surface area contributed by atoms with E-state index in [1.54, 1.807) is 30.5 Å². The number of guanidine groups is 1. The van der Waals surface area contributed by atoms with Gasteiger partial charge in [0.1, 0.15) is 5.82 Å².